The molecule has 3 heterocycles. The van der Waals surface area contributed by atoms with Crippen molar-refractivity contribution in [1.82, 2.24) is 35.6 Å². The molecule has 5 rings (SSSR count). The number of hydrogen-bond donors (Lipinski definition) is 2. The van der Waals surface area contributed by atoms with Crippen molar-refractivity contribution in [3.05, 3.63) is 69.4 Å². The molecule has 0 atom stereocenters. The van der Waals surface area contributed by atoms with Gasteiger partial charge in [0, 0.05) is 42.9 Å². The summed E-state index contributed by atoms with van der Waals surface area (Å²) in [5, 5.41) is 30.6. The van der Waals surface area contributed by atoms with Crippen LogP contribution in [0.15, 0.2) is 52.2 Å². The van der Waals surface area contributed by atoms with Gasteiger partial charge in [0.15, 0.2) is 5.69 Å². The number of amides is 1. The number of anilines is 1. The van der Waals surface area contributed by atoms with E-state index in [9.17, 15) is 14.9 Å². The predicted octanol–water partition coefficient (Wildman–Crippen LogP) is 1.41. The summed E-state index contributed by atoms with van der Waals surface area (Å²) in [5.41, 5.74) is 9.90. The van der Waals surface area contributed by atoms with Crippen LogP contribution in [-0.2, 0) is 11.3 Å². The molecule has 16 nitrogen and oxygen atoms in total. The molecule has 4 aromatic rings. The number of aromatic nitrogens is 5. The first-order valence-electron chi connectivity index (χ1n) is 12.0. The molecule has 1 fully saturated rings. The number of nitrogen functional groups attached to an aromatic ring is 1. The number of ether oxygens (including phenoxy) is 2. The summed E-state index contributed by atoms with van der Waals surface area (Å²) in [4.78, 5) is 26.2. The van der Waals surface area contributed by atoms with Gasteiger partial charge in [0.05, 0.1) is 31.5 Å². The highest BCUT2D eigenvalue weighted by atomic mass is 16.6. The summed E-state index contributed by atoms with van der Waals surface area (Å²) >= 11 is 0. The molecule has 0 saturated carbocycles. The Kier molecular flexibility index (Phi) is 7.70. The van der Waals surface area contributed by atoms with Gasteiger partial charge in [-0.2, -0.15) is 9.78 Å². The lowest BCUT2D eigenvalue weighted by Crippen LogP contribution is -2.35. The van der Waals surface area contributed by atoms with Gasteiger partial charge in [0.1, 0.15) is 11.4 Å². The van der Waals surface area contributed by atoms with Crippen LogP contribution in [0.2, 0.25) is 0 Å². The Morgan fingerprint density at radius 2 is 2.08 bits per heavy atom. The van der Waals surface area contributed by atoms with Gasteiger partial charge in [0.25, 0.3) is 11.6 Å². The Hall–Kier alpha value is -5.22. The van der Waals surface area contributed by atoms with E-state index in [1.807, 2.05) is 18.2 Å². The van der Waals surface area contributed by atoms with Crippen LogP contribution >= 0.6 is 0 Å². The maximum Gasteiger partial charge on any atom is 0.294 e. The minimum atomic E-state index is -0.721. The number of benzene rings is 2. The first-order valence-corrected chi connectivity index (χ1v) is 12.0. The van der Waals surface area contributed by atoms with Crippen molar-refractivity contribution in [1.29, 1.82) is 0 Å². The molecule has 0 unspecified atom stereocenters. The predicted molar refractivity (Wildman–Crippen MR) is 140 cm³/mol. The van der Waals surface area contributed by atoms with Crippen molar-refractivity contribution in [2.45, 2.75) is 6.54 Å². The smallest absolute Gasteiger partial charge is 0.294 e. The summed E-state index contributed by atoms with van der Waals surface area (Å²) in [7, 11) is 1.61. The lowest BCUT2D eigenvalue weighted by Gasteiger charge is -2.27. The molecular weight excluding hydrogens is 524 g/mol. The zero-order chi connectivity index (χ0) is 28.1. The Labute approximate surface area is 226 Å². The molecule has 0 bridgehead atoms. The second kappa shape index (κ2) is 11.7. The molecule has 2 aromatic heterocycles. The molecule has 0 aliphatic carbocycles. The van der Waals surface area contributed by atoms with Crippen LogP contribution in [0.1, 0.15) is 21.6 Å². The molecular formula is C24H24N10O6. The first kappa shape index (κ1) is 26.4. The zero-order valence-corrected chi connectivity index (χ0v) is 21.3. The fourth-order valence-electron chi connectivity index (χ4n) is 4.17. The van der Waals surface area contributed by atoms with Gasteiger partial charge in [-0.1, -0.05) is 17.3 Å². The van der Waals surface area contributed by atoms with Gasteiger partial charge >= 0.3 is 0 Å². The minimum Gasteiger partial charge on any atom is -0.496 e. The highest BCUT2D eigenvalue weighted by molar-refractivity contribution is 5.99. The monoisotopic (exact) mass is 548 g/mol. The summed E-state index contributed by atoms with van der Waals surface area (Å²) in [6, 6.07) is 11.2. The molecule has 0 spiro atoms. The Morgan fingerprint density at radius 3 is 2.80 bits per heavy atom. The Bertz CT molecular complexity index is 1560. The number of carbonyl (C=O) groups is 1. The number of nitrogens with one attached hydrogen (secondary N) is 1. The second-order valence-corrected chi connectivity index (χ2v) is 8.64. The normalized spacial score (nSPS) is 13.9. The number of hydrogen-bond acceptors (Lipinski definition) is 13. The van der Waals surface area contributed by atoms with Crippen LogP contribution in [0.3, 0.4) is 0 Å². The lowest BCUT2D eigenvalue weighted by atomic mass is 10.1. The Balaban J connectivity index is 1.40. The largest absolute Gasteiger partial charge is 0.496 e. The van der Waals surface area contributed by atoms with E-state index >= 15 is 0 Å². The molecule has 1 aliphatic heterocycles. The fraction of sp³-hybridized carbons (Fsp3) is 0.250. The van der Waals surface area contributed by atoms with Crippen molar-refractivity contribution in [3.8, 4) is 22.8 Å². The lowest BCUT2D eigenvalue weighted by molar-refractivity contribution is -0.384. The van der Waals surface area contributed by atoms with E-state index in [0.29, 0.717) is 19.8 Å². The zero-order valence-electron chi connectivity index (χ0n) is 21.3. The quantitative estimate of drug-likeness (QED) is 0.173. The number of nitrogens with two attached hydrogens (primary N) is 1. The maximum absolute atomic E-state index is 13.1. The van der Waals surface area contributed by atoms with E-state index in [4.69, 9.17) is 15.2 Å². The molecule has 3 N–H and O–H groups in total. The number of non-ortho nitro benzene ring substituents is 1. The third-order valence-corrected chi connectivity index (χ3v) is 6.09. The van der Waals surface area contributed by atoms with Crippen LogP contribution in [0.5, 0.6) is 5.75 Å². The minimum absolute atomic E-state index is 0.0393. The number of morpholine rings is 1. The van der Waals surface area contributed by atoms with Crippen LogP contribution < -0.4 is 15.9 Å². The van der Waals surface area contributed by atoms with Crippen molar-refractivity contribution >= 4 is 23.6 Å². The first-order chi connectivity index (χ1) is 19.4. The Morgan fingerprint density at radius 1 is 1.25 bits per heavy atom. The fourth-order valence-corrected chi connectivity index (χ4v) is 4.17. The van der Waals surface area contributed by atoms with E-state index in [0.717, 1.165) is 34.6 Å². The highest BCUT2D eigenvalue weighted by Gasteiger charge is 2.26. The molecule has 206 valence electrons. The standard InChI is InChI=1S/C24H24N10O6/c1-38-19-6-5-15(11-17(19)14-32-7-9-39-10-8-32)13-26-28-24(35)20-21(16-3-2-4-18(12-16)34(36)37)33(31-27-20)23-22(25)29-40-30-23/h2-6,11-13H,7-10,14H2,1H3,(H2,25,29)(H,28,35)/b26-13-. The molecule has 16 heteroatoms. The number of nitro benzene ring substituents is 1. The van der Waals surface area contributed by atoms with E-state index in [1.54, 1.807) is 13.2 Å². The van der Waals surface area contributed by atoms with Crippen LogP contribution in [0.25, 0.3) is 17.1 Å². The van der Waals surface area contributed by atoms with Crippen molar-refractivity contribution in [2.24, 2.45) is 5.10 Å². The van der Waals surface area contributed by atoms with Crippen molar-refractivity contribution in [2.75, 3.05) is 39.1 Å². The third-order valence-electron chi connectivity index (χ3n) is 6.09. The van der Waals surface area contributed by atoms with Gasteiger partial charge < -0.3 is 15.2 Å². The molecule has 2 aromatic carbocycles. The molecule has 0 radical (unpaired) electrons. The van der Waals surface area contributed by atoms with Gasteiger partial charge in [-0.15, -0.1) is 5.10 Å². The van der Waals surface area contributed by atoms with E-state index in [-0.39, 0.29) is 34.3 Å². The van der Waals surface area contributed by atoms with Gasteiger partial charge in [-0.25, -0.2) is 10.1 Å². The number of rotatable bonds is 9. The van der Waals surface area contributed by atoms with Crippen LogP contribution in [0.4, 0.5) is 11.5 Å². The average molecular weight is 549 g/mol. The third kappa shape index (κ3) is 5.62. The van der Waals surface area contributed by atoms with E-state index in [2.05, 4.69) is 40.7 Å². The van der Waals surface area contributed by atoms with Crippen LogP contribution in [-0.4, -0.2) is 80.7 Å². The molecule has 40 heavy (non-hydrogen) atoms. The van der Waals surface area contributed by atoms with E-state index in [1.165, 1.54) is 24.4 Å². The summed E-state index contributed by atoms with van der Waals surface area (Å²) in [5.74, 6) is -0.134. The molecule has 1 saturated heterocycles. The van der Waals surface area contributed by atoms with E-state index < -0.39 is 10.8 Å². The average Bonchev–Trinajstić information content (AvgIpc) is 3.60. The topological polar surface area (TPSA) is 202 Å². The number of nitrogens with zero attached hydrogens (tertiary/aromatic N) is 8. The highest BCUT2D eigenvalue weighted by Crippen LogP contribution is 2.29. The van der Waals surface area contributed by atoms with Gasteiger partial charge in [-0.05, 0) is 34.1 Å². The van der Waals surface area contributed by atoms with Crippen molar-refractivity contribution < 1.29 is 23.8 Å². The number of carbonyl (C=O) groups excluding carboxylic acids is 1. The molecule has 1 aliphatic rings. The number of nitro groups is 1. The summed E-state index contributed by atoms with van der Waals surface area (Å²) in [6.45, 7) is 3.68. The maximum atomic E-state index is 13.1. The second-order valence-electron chi connectivity index (χ2n) is 8.64. The number of methoxy groups -OCH3 is 1. The van der Waals surface area contributed by atoms with Crippen molar-refractivity contribution in [3.63, 3.8) is 0 Å². The summed E-state index contributed by atoms with van der Waals surface area (Å²) < 4.78 is 16.7. The van der Waals surface area contributed by atoms with Crippen LogP contribution in [0, 0.1) is 10.1 Å². The van der Waals surface area contributed by atoms with Gasteiger partial charge in [-0.3, -0.25) is 19.8 Å². The van der Waals surface area contributed by atoms with Gasteiger partial charge in [0.2, 0.25) is 11.6 Å². The summed E-state index contributed by atoms with van der Waals surface area (Å²) in [6.07, 6.45) is 1.48. The SMILES string of the molecule is COc1ccc(/C=N\NC(=O)c2nnn(-c3nonc3N)c2-c2cccc([N+](=O)[O-])c2)cc1CN1CCOCC1. The number of hydrazone groups is 1. The molecule has 1 amide bonds.